The van der Waals surface area contributed by atoms with Crippen molar-refractivity contribution in [2.75, 3.05) is 0 Å². The normalized spacial score (nSPS) is 11.3. The molecular formula is C4H12Ge2. The fourth-order valence-electron chi connectivity index (χ4n) is 0.333. The zero-order valence-electron chi connectivity index (χ0n) is 4.57. The molecule has 0 amide bonds. The number of hydrogen-bond donors (Lipinski definition) is 0. The average Bonchev–Trinajstić information content (AvgIpc) is 1.61. The molecule has 0 heterocycles. The molecule has 0 nitrogen and oxygen atoms in total. The van der Waals surface area contributed by atoms with Crippen molar-refractivity contribution in [1.29, 1.82) is 0 Å². The Morgan fingerprint density at radius 1 is 1.00 bits per heavy atom. The molecule has 0 aromatic carbocycles. The summed E-state index contributed by atoms with van der Waals surface area (Å²) in [6, 6.07) is 0. The van der Waals surface area contributed by atoms with E-state index in [2.05, 4.69) is 12.2 Å². The first-order valence-corrected chi connectivity index (χ1v) is 8.50. The molecule has 0 bridgehead atoms. The van der Waals surface area contributed by atoms with E-state index in [1.165, 1.54) is 10.5 Å². The van der Waals surface area contributed by atoms with Crippen molar-refractivity contribution in [3.8, 4) is 0 Å². The third-order valence-electron chi connectivity index (χ3n) is 0.638. The summed E-state index contributed by atoms with van der Waals surface area (Å²) >= 11 is 2.09. The van der Waals surface area contributed by atoms with Gasteiger partial charge in [-0.1, -0.05) is 0 Å². The van der Waals surface area contributed by atoms with Crippen LogP contribution in [0.2, 0.25) is 10.5 Å². The van der Waals surface area contributed by atoms with E-state index in [0.29, 0.717) is 0 Å². The Kier molecular flexibility index (Phi) is 6.63. The number of hydrogen-bond acceptors (Lipinski definition) is 0. The van der Waals surface area contributed by atoms with E-state index in [0.717, 1.165) is 33.0 Å². The molecule has 2 heteroatoms. The Labute approximate surface area is 55.8 Å². The Hall–Kier alpha value is 0.826. The fraction of sp³-hybridized carbons (Fsp3) is 0.500. The van der Waals surface area contributed by atoms with Crippen molar-refractivity contribution in [2.24, 2.45) is 0 Å². The van der Waals surface area contributed by atoms with Gasteiger partial charge >= 0.3 is 55.7 Å². The molecule has 0 spiro atoms. The zero-order chi connectivity index (χ0) is 4.83. The van der Waals surface area contributed by atoms with Gasteiger partial charge in [0.05, 0.1) is 0 Å². The van der Waals surface area contributed by atoms with Crippen LogP contribution in [0.3, 0.4) is 0 Å². The van der Waals surface area contributed by atoms with E-state index < -0.39 is 0 Å². The zero-order valence-corrected chi connectivity index (χ0v) is 13.0. The predicted molar refractivity (Wildman–Crippen MR) is 38.6 cm³/mol. The molecule has 0 aliphatic heterocycles. The first-order valence-electron chi connectivity index (χ1n) is 2.56. The van der Waals surface area contributed by atoms with Crippen LogP contribution in [0.15, 0.2) is 12.2 Å². The summed E-state index contributed by atoms with van der Waals surface area (Å²) in [7, 11) is 0. The predicted octanol–water partition coefficient (Wildman–Crippen LogP) is -0.890. The molecule has 0 rings (SSSR count). The Balaban J connectivity index is 2.73. The minimum absolute atomic E-state index is 1.05. The standard InChI is InChI=1S/C4H12Ge2/c5-3-1-2-4-6/h1-2H,3-4H2,5-6H3. The van der Waals surface area contributed by atoms with Crippen molar-refractivity contribution < 1.29 is 0 Å². The molecule has 0 saturated carbocycles. The van der Waals surface area contributed by atoms with E-state index in [-0.39, 0.29) is 0 Å². The first kappa shape index (κ1) is 6.83. The van der Waals surface area contributed by atoms with Crippen molar-refractivity contribution in [3.05, 3.63) is 12.2 Å². The SMILES string of the molecule is [GeH3][CH2]C=C[CH2][GeH3]. The van der Waals surface area contributed by atoms with Crippen molar-refractivity contribution in [3.63, 3.8) is 0 Å². The molecule has 0 aliphatic carbocycles. The van der Waals surface area contributed by atoms with Crippen LogP contribution in [0.4, 0.5) is 0 Å². The van der Waals surface area contributed by atoms with E-state index in [1.807, 2.05) is 0 Å². The minimum atomic E-state index is 1.05. The summed E-state index contributed by atoms with van der Waals surface area (Å²) in [5.41, 5.74) is 0. The molecule has 0 N–H and O–H groups in total. The average molecular weight is 205 g/mol. The molecular weight excluding hydrogens is 193 g/mol. The molecule has 0 aromatic heterocycles. The van der Waals surface area contributed by atoms with Crippen LogP contribution >= 0.6 is 0 Å². The Morgan fingerprint density at radius 3 is 1.50 bits per heavy atom. The number of rotatable bonds is 2. The van der Waals surface area contributed by atoms with Gasteiger partial charge in [-0.15, -0.1) is 0 Å². The van der Waals surface area contributed by atoms with Crippen LogP contribution in [0, 0.1) is 0 Å². The van der Waals surface area contributed by atoms with E-state index >= 15 is 0 Å². The van der Waals surface area contributed by atoms with Gasteiger partial charge in [-0.25, -0.2) is 0 Å². The molecule has 6 heavy (non-hydrogen) atoms. The first-order chi connectivity index (χ1) is 2.91. The summed E-state index contributed by atoms with van der Waals surface area (Å²) in [6.45, 7) is 0. The van der Waals surface area contributed by atoms with Gasteiger partial charge in [-0.3, -0.25) is 0 Å². The third kappa shape index (κ3) is 4.83. The molecule has 0 atom stereocenters. The summed E-state index contributed by atoms with van der Waals surface area (Å²) in [5.74, 6) is 0. The second kappa shape index (κ2) is 5.83. The maximum atomic E-state index is 2.31. The van der Waals surface area contributed by atoms with Crippen molar-refractivity contribution in [1.82, 2.24) is 0 Å². The van der Waals surface area contributed by atoms with Gasteiger partial charge in [0.2, 0.25) is 0 Å². The van der Waals surface area contributed by atoms with Crippen LogP contribution in [-0.2, 0) is 0 Å². The quantitative estimate of drug-likeness (QED) is 0.405. The fourth-order valence-corrected chi connectivity index (χ4v) is 1.73. The second-order valence-corrected chi connectivity index (χ2v) is 4.71. The van der Waals surface area contributed by atoms with E-state index in [4.69, 9.17) is 0 Å². The van der Waals surface area contributed by atoms with Crippen LogP contribution in [0.25, 0.3) is 0 Å². The molecule has 0 aromatic rings. The van der Waals surface area contributed by atoms with Gasteiger partial charge in [-0.2, -0.15) is 0 Å². The Bertz CT molecular complexity index is 34.8. The summed E-state index contributed by atoms with van der Waals surface area (Å²) < 4.78 is 0. The maximum absolute atomic E-state index is 2.31. The summed E-state index contributed by atoms with van der Waals surface area (Å²) in [5, 5.41) is 2.78. The van der Waals surface area contributed by atoms with Crippen LogP contribution in [-0.4, -0.2) is 33.0 Å². The van der Waals surface area contributed by atoms with E-state index in [1.54, 1.807) is 0 Å². The summed E-state index contributed by atoms with van der Waals surface area (Å²) in [4.78, 5) is 0. The van der Waals surface area contributed by atoms with Gasteiger partial charge in [-0.05, 0) is 0 Å². The second-order valence-electron chi connectivity index (χ2n) is 1.29. The van der Waals surface area contributed by atoms with E-state index in [9.17, 15) is 0 Å². The Morgan fingerprint density at radius 2 is 1.33 bits per heavy atom. The molecule has 0 radical (unpaired) electrons. The molecule has 0 aliphatic rings. The van der Waals surface area contributed by atoms with Gasteiger partial charge in [0.25, 0.3) is 0 Å². The van der Waals surface area contributed by atoms with Crippen molar-refractivity contribution in [2.45, 2.75) is 10.5 Å². The van der Waals surface area contributed by atoms with Crippen LogP contribution in [0.1, 0.15) is 0 Å². The third-order valence-corrected chi connectivity index (χ3v) is 2.62. The monoisotopic (exact) mass is 208 g/mol. The summed E-state index contributed by atoms with van der Waals surface area (Å²) in [6.07, 6.45) is 4.62. The van der Waals surface area contributed by atoms with Crippen LogP contribution < -0.4 is 0 Å². The molecule has 0 saturated heterocycles. The number of allylic oxidation sites excluding steroid dienone is 2. The van der Waals surface area contributed by atoms with Crippen molar-refractivity contribution >= 4 is 33.0 Å². The van der Waals surface area contributed by atoms with Gasteiger partial charge in [0, 0.05) is 0 Å². The van der Waals surface area contributed by atoms with Gasteiger partial charge in [0.15, 0.2) is 0 Å². The van der Waals surface area contributed by atoms with Gasteiger partial charge < -0.3 is 0 Å². The topological polar surface area (TPSA) is 0 Å². The molecule has 0 unspecified atom stereocenters. The molecule has 0 fully saturated rings. The molecule has 36 valence electrons. The van der Waals surface area contributed by atoms with Gasteiger partial charge in [0.1, 0.15) is 0 Å². The van der Waals surface area contributed by atoms with Crippen LogP contribution in [0.5, 0.6) is 0 Å².